The second-order valence-electron chi connectivity index (χ2n) is 4.63. The van der Waals surface area contributed by atoms with E-state index < -0.39 is 0 Å². The highest BCUT2D eigenvalue weighted by molar-refractivity contribution is 9.10. The number of benzene rings is 1. The first kappa shape index (κ1) is 11.6. The Labute approximate surface area is 122 Å². The lowest BCUT2D eigenvalue weighted by molar-refractivity contribution is 0.488. The second kappa shape index (κ2) is 4.40. The summed E-state index contributed by atoms with van der Waals surface area (Å²) in [6, 6.07) is 6.51. The van der Waals surface area contributed by atoms with Crippen LogP contribution in [0.2, 0.25) is 0 Å². The number of fused-ring (bicyclic) bond motifs is 2. The lowest BCUT2D eigenvalue weighted by Crippen LogP contribution is -2.28. The molecule has 4 rings (SSSR count). The van der Waals surface area contributed by atoms with Crippen LogP contribution in [0.4, 0.5) is 0 Å². The quantitative estimate of drug-likeness (QED) is 0.718. The minimum absolute atomic E-state index is 0.270. The summed E-state index contributed by atoms with van der Waals surface area (Å²) in [5.41, 5.74) is 3.41. The third-order valence-corrected chi connectivity index (χ3v) is 5.04. The molecule has 3 heterocycles. The molecule has 0 amide bonds. The fourth-order valence-electron chi connectivity index (χ4n) is 2.41. The lowest BCUT2D eigenvalue weighted by Gasteiger charge is -2.20. The van der Waals surface area contributed by atoms with E-state index in [0.29, 0.717) is 0 Å². The predicted molar refractivity (Wildman–Crippen MR) is 79.2 cm³/mol. The number of aromatic nitrogens is 3. The molecular weight excluding hydrogens is 324 g/mol. The normalized spacial score (nSPS) is 18.7. The van der Waals surface area contributed by atoms with Gasteiger partial charge in [0, 0.05) is 17.4 Å². The molecule has 1 atom stereocenters. The van der Waals surface area contributed by atoms with Gasteiger partial charge in [-0.25, -0.2) is 9.97 Å². The molecular formula is C13H11BrN4S. The first-order valence-corrected chi connectivity index (χ1v) is 7.71. The van der Waals surface area contributed by atoms with E-state index >= 15 is 0 Å². The van der Waals surface area contributed by atoms with Crippen molar-refractivity contribution < 1.29 is 0 Å². The van der Waals surface area contributed by atoms with E-state index in [1.165, 1.54) is 10.4 Å². The van der Waals surface area contributed by atoms with Gasteiger partial charge < -0.3 is 10.3 Å². The number of imidazole rings is 1. The fraction of sp³-hybridized carbons (Fsp3) is 0.231. The summed E-state index contributed by atoms with van der Waals surface area (Å²) in [6.07, 6.45) is 2.67. The van der Waals surface area contributed by atoms with Crippen LogP contribution >= 0.6 is 27.3 Å². The summed E-state index contributed by atoms with van der Waals surface area (Å²) in [5, 5.41) is 4.66. The first-order chi connectivity index (χ1) is 9.29. The highest BCUT2D eigenvalue weighted by Crippen LogP contribution is 2.31. The Balaban J connectivity index is 1.71. The number of thiazole rings is 1. The molecule has 2 aromatic heterocycles. The maximum Gasteiger partial charge on any atom is 0.111 e. The van der Waals surface area contributed by atoms with Crippen molar-refractivity contribution in [2.24, 2.45) is 0 Å². The van der Waals surface area contributed by atoms with E-state index in [1.54, 1.807) is 17.7 Å². The van der Waals surface area contributed by atoms with Crippen molar-refractivity contribution >= 4 is 37.5 Å². The summed E-state index contributed by atoms with van der Waals surface area (Å²) in [6.45, 7) is 0.833. The summed E-state index contributed by atoms with van der Waals surface area (Å²) in [4.78, 5) is 12.3. The smallest absolute Gasteiger partial charge is 0.111 e. The van der Waals surface area contributed by atoms with Crippen molar-refractivity contribution in [3.05, 3.63) is 45.4 Å². The van der Waals surface area contributed by atoms with Gasteiger partial charge in [0.2, 0.25) is 0 Å². The number of nitrogens with one attached hydrogen (secondary N) is 2. The topological polar surface area (TPSA) is 53.6 Å². The molecule has 6 heteroatoms. The van der Waals surface area contributed by atoms with Gasteiger partial charge in [-0.3, -0.25) is 0 Å². The maximum absolute atomic E-state index is 4.74. The molecule has 0 radical (unpaired) electrons. The van der Waals surface area contributed by atoms with Crippen LogP contribution < -0.4 is 5.32 Å². The van der Waals surface area contributed by atoms with Crippen LogP contribution in [0.5, 0.6) is 0 Å². The molecule has 19 heavy (non-hydrogen) atoms. The number of hydrogen-bond acceptors (Lipinski definition) is 4. The minimum Gasteiger partial charge on any atom is -0.347 e. The SMILES string of the molecule is Brc1ccc2sc(C3Cc4nc[nH]c4CN3)nc2c1. The molecule has 3 aromatic rings. The van der Waals surface area contributed by atoms with Gasteiger partial charge in [0.15, 0.2) is 0 Å². The second-order valence-corrected chi connectivity index (χ2v) is 6.61. The highest BCUT2D eigenvalue weighted by atomic mass is 79.9. The molecule has 0 fully saturated rings. The number of aromatic amines is 1. The van der Waals surface area contributed by atoms with Gasteiger partial charge in [-0.15, -0.1) is 11.3 Å². The molecule has 96 valence electrons. The summed E-state index contributed by atoms with van der Waals surface area (Å²) >= 11 is 5.25. The zero-order valence-electron chi connectivity index (χ0n) is 9.98. The van der Waals surface area contributed by atoms with Crippen LogP contribution in [0.1, 0.15) is 22.4 Å². The molecule has 0 bridgehead atoms. The van der Waals surface area contributed by atoms with Crippen molar-refractivity contribution in [1.82, 2.24) is 20.3 Å². The lowest BCUT2D eigenvalue weighted by atomic mass is 10.1. The summed E-state index contributed by atoms with van der Waals surface area (Å²) in [7, 11) is 0. The van der Waals surface area contributed by atoms with Crippen LogP contribution in [0.25, 0.3) is 10.2 Å². The molecule has 1 aromatic carbocycles. The van der Waals surface area contributed by atoms with Gasteiger partial charge in [-0.1, -0.05) is 15.9 Å². The number of rotatable bonds is 1. The molecule has 0 spiro atoms. The van der Waals surface area contributed by atoms with Crippen molar-refractivity contribution in [3.8, 4) is 0 Å². The highest BCUT2D eigenvalue weighted by Gasteiger charge is 2.23. The van der Waals surface area contributed by atoms with Gasteiger partial charge in [0.25, 0.3) is 0 Å². The Kier molecular flexibility index (Phi) is 2.68. The molecule has 1 aliphatic rings. The number of H-pyrrole nitrogens is 1. The zero-order chi connectivity index (χ0) is 12.8. The van der Waals surface area contributed by atoms with E-state index in [0.717, 1.165) is 33.7 Å². The number of nitrogens with zero attached hydrogens (tertiary/aromatic N) is 2. The van der Waals surface area contributed by atoms with Crippen LogP contribution in [0, 0.1) is 0 Å². The molecule has 0 saturated heterocycles. The standard InChI is InChI=1S/C13H11BrN4S/c14-7-1-2-12-9(3-7)18-13(19-12)10-4-8-11(5-15-10)17-6-16-8/h1-3,6,10,15H,4-5H2,(H,16,17). The largest absolute Gasteiger partial charge is 0.347 e. The Morgan fingerprint density at radius 2 is 2.32 bits per heavy atom. The van der Waals surface area contributed by atoms with E-state index in [2.05, 4.69) is 49.4 Å². The number of hydrogen-bond donors (Lipinski definition) is 2. The average Bonchev–Trinajstić information content (AvgIpc) is 3.02. The van der Waals surface area contributed by atoms with E-state index in [4.69, 9.17) is 4.98 Å². The Morgan fingerprint density at radius 1 is 1.37 bits per heavy atom. The van der Waals surface area contributed by atoms with Gasteiger partial charge in [-0.05, 0) is 18.2 Å². The summed E-state index contributed by atoms with van der Waals surface area (Å²) < 4.78 is 2.30. The van der Waals surface area contributed by atoms with Gasteiger partial charge in [0.1, 0.15) is 5.01 Å². The third-order valence-electron chi connectivity index (χ3n) is 3.39. The van der Waals surface area contributed by atoms with Crippen LogP contribution in [0.3, 0.4) is 0 Å². The molecule has 4 nitrogen and oxygen atoms in total. The number of halogens is 1. The molecule has 1 unspecified atom stereocenters. The molecule has 0 saturated carbocycles. The van der Waals surface area contributed by atoms with Crippen molar-refractivity contribution in [3.63, 3.8) is 0 Å². The van der Waals surface area contributed by atoms with Crippen molar-refractivity contribution in [2.75, 3.05) is 0 Å². The van der Waals surface area contributed by atoms with Crippen LogP contribution in [-0.4, -0.2) is 15.0 Å². The Hall–Kier alpha value is -1.24. The average molecular weight is 335 g/mol. The first-order valence-electron chi connectivity index (χ1n) is 6.10. The minimum atomic E-state index is 0.270. The van der Waals surface area contributed by atoms with Crippen molar-refractivity contribution in [1.29, 1.82) is 0 Å². The Morgan fingerprint density at radius 3 is 3.26 bits per heavy atom. The molecule has 0 aliphatic carbocycles. The van der Waals surface area contributed by atoms with Gasteiger partial charge >= 0.3 is 0 Å². The van der Waals surface area contributed by atoms with E-state index in [1.807, 2.05) is 0 Å². The predicted octanol–water partition coefficient (Wildman–Crippen LogP) is 3.17. The third kappa shape index (κ3) is 2.00. The zero-order valence-corrected chi connectivity index (χ0v) is 12.4. The monoisotopic (exact) mass is 334 g/mol. The van der Waals surface area contributed by atoms with E-state index in [-0.39, 0.29) is 6.04 Å². The maximum atomic E-state index is 4.74. The fourth-order valence-corrected chi connectivity index (χ4v) is 3.78. The van der Waals surface area contributed by atoms with Gasteiger partial charge in [0.05, 0.1) is 34.0 Å². The summed E-state index contributed by atoms with van der Waals surface area (Å²) in [5.74, 6) is 0. The van der Waals surface area contributed by atoms with Crippen molar-refractivity contribution in [2.45, 2.75) is 19.0 Å². The van der Waals surface area contributed by atoms with Gasteiger partial charge in [-0.2, -0.15) is 0 Å². The Bertz CT molecular complexity index is 748. The van der Waals surface area contributed by atoms with E-state index in [9.17, 15) is 0 Å². The molecule has 2 N–H and O–H groups in total. The van der Waals surface area contributed by atoms with Crippen LogP contribution in [0.15, 0.2) is 29.0 Å². The molecule has 1 aliphatic heterocycles. The van der Waals surface area contributed by atoms with Crippen LogP contribution in [-0.2, 0) is 13.0 Å².